The van der Waals surface area contributed by atoms with Crippen LogP contribution in [0.15, 0.2) is 47.9 Å². The van der Waals surface area contributed by atoms with Crippen LogP contribution in [0.2, 0.25) is 0 Å². The molecular formula is C15H15N3O2. The molecular weight excluding hydrogens is 254 g/mol. The van der Waals surface area contributed by atoms with E-state index in [2.05, 4.69) is 16.9 Å². The monoisotopic (exact) mass is 269 g/mol. The summed E-state index contributed by atoms with van der Waals surface area (Å²) in [4.78, 5) is 26.5. The van der Waals surface area contributed by atoms with Gasteiger partial charge in [0.2, 0.25) is 5.91 Å². The number of anilines is 1. The lowest BCUT2D eigenvalue weighted by atomic mass is 10.1. The first-order valence-corrected chi connectivity index (χ1v) is 6.15. The minimum absolute atomic E-state index is 0.255. The maximum Gasteiger partial charge on any atom is 0.349 e. The summed E-state index contributed by atoms with van der Waals surface area (Å²) in [5.41, 5.74) is 1.62. The van der Waals surface area contributed by atoms with Crippen LogP contribution in [0.3, 0.4) is 0 Å². The predicted octanol–water partition coefficient (Wildman–Crippen LogP) is 1.89. The number of nitrogens with zero attached hydrogens (tertiary/aromatic N) is 2. The van der Waals surface area contributed by atoms with Crippen LogP contribution in [0.5, 0.6) is 0 Å². The number of nitrogens with one attached hydrogen (secondary N) is 1. The lowest BCUT2D eigenvalue weighted by molar-refractivity contribution is -0.114. The summed E-state index contributed by atoms with van der Waals surface area (Å²) in [5.74, 6) is 0.00965. The third-order valence-corrected chi connectivity index (χ3v) is 2.75. The lowest BCUT2D eigenvalue weighted by Crippen LogP contribution is -2.24. The van der Waals surface area contributed by atoms with Gasteiger partial charge in [0.25, 0.3) is 0 Å². The second kappa shape index (κ2) is 5.97. The number of carbonyl (C=O) groups is 1. The molecule has 0 aliphatic heterocycles. The van der Waals surface area contributed by atoms with Crippen LogP contribution >= 0.6 is 0 Å². The van der Waals surface area contributed by atoms with Crippen molar-refractivity contribution in [3.63, 3.8) is 0 Å². The quantitative estimate of drug-likeness (QED) is 0.922. The normalized spacial score (nSPS) is 10.1. The summed E-state index contributed by atoms with van der Waals surface area (Å²) >= 11 is 0. The molecule has 0 spiro atoms. The molecule has 2 rings (SSSR count). The van der Waals surface area contributed by atoms with E-state index in [9.17, 15) is 9.59 Å². The van der Waals surface area contributed by atoms with Gasteiger partial charge in [-0.3, -0.25) is 9.36 Å². The van der Waals surface area contributed by atoms with Crippen LogP contribution in [-0.4, -0.2) is 15.5 Å². The van der Waals surface area contributed by atoms with Gasteiger partial charge in [-0.25, -0.2) is 4.79 Å². The highest BCUT2D eigenvalue weighted by atomic mass is 16.2. The van der Waals surface area contributed by atoms with Gasteiger partial charge >= 0.3 is 5.69 Å². The van der Waals surface area contributed by atoms with Crippen LogP contribution < -0.4 is 11.0 Å². The van der Waals surface area contributed by atoms with Gasteiger partial charge < -0.3 is 5.32 Å². The molecule has 0 bridgehead atoms. The van der Waals surface area contributed by atoms with Gasteiger partial charge in [-0.15, -0.1) is 0 Å². The van der Waals surface area contributed by atoms with Crippen molar-refractivity contribution in [2.75, 3.05) is 5.32 Å². The highest BCUT2D eigenvalue weighted by Gasteiger charge is 2.02. The molecule has 0 atom stereocenters. The van der Waals surface area contributed by atoms with Crippen molar-refractivity contribution in [2.24, 2.45) is 0 Å². The van der Waals surface area contributed by atoms with Gasteiger partial charge in [0.15, 0.2) is 0 Å². The first-order valence-electron chi connectivity index (χ1n) is 6.15. The SMILES string of the molecule is C=Cc1ccc(Cn2ccc(NC(C)=O)nc2=O)cc1. The van der Waals surface area contributed by atoms with Crippen LogP contribution in [-0.2, 0) is 11.3 Å². The van der Waals surface area contributed by atoms with E-state index < -0.39 is 5.69 Å². The highest BCUT2D eigenvalue weighted by Crippen LogP contribution is 2.07. The number of benzene rings is 1. The Hall–Kier alpha value is -2.69. The van der Waals surface area contributed by atoms with Crippen molar-refractivity contribution >= 4 is 17.8 Å². The van der Waals surface area contributed by atoms with E-state index in [4.69, 9.17) is 0 Å². The molecule has 0 unspecified atom stereocenters. The Kier molecular flexibility index (Phi) is 4.10. The largest absolute Gasteiger partial charge is 0.349 e. The van der Waals surface area contributed by atoms with E-state index in [1.165, 1.54) is 11.5 Å². The average Bonchev–Trinajstić information content (AvgIpc) is 2.42. The van der Waals surface area contributed by atoms with E-state index in [0.29, 0.717) is 6.54 Å². The molecule has 1 aromatic carbocycles. The molecule has 1 heterocycles. The van der Waals surface area contributed by atoms with Crippen LogP contribution in [0.4, 0.5) is 5.82 Å². The molecule has 5 nitrogen and oxygen atoms in total. The molecule has 0 fully saturated rings. The maximum atomic E-state index is 11.8. The molecule has 0 aliphatic carbocycles. The predicted molar refractivity (Wildman–Crippen MR) is 78.4 cm³/mol. The number of amides is 1. The fourth-order valence-corrected chi connectivity index (χ4v) is 1.76. The average molecular weight is 269 g/mol. The highest BCUT2D eigenvalue weighted by molar-refractivity contribution is 5.87. The Morgan fingerprint density at radius 1 is 1.35 bits per heavy atom. The van der Waals surface area contributed by atoms with Gasteiger partial charge in [-0.1, -0.05) is 36.9 Å². The van der Waals surface area contributed by atoms with E-state index in [0.717, 1.165) is 11.1 Å². The third-order valence-electron chi connectivity index (χ3n) is 2.75. The molecule has 2 aromatic rings. The molecule has 1 amide bonds. The summed E-state index contributed by atoms with van der Waals surface area (Å²) in [6, 6.07) is 9.34. The smallest absolute Gasteiger partial charge is 0.311 e. The van der Waals surface area contributed by atoms with Gasteiger partial charge in [0.05, 0.1) is 6.54 Å². The Balaban J connectivity index is 2.18. The van der Waals surface area contributed by atoms with Gasteiger partial charge in [-0.05, 0) is 17.2 Å². The van der Waals surface area contributed by atoms with Crippen LogP contribution in [0, 0.1) is 0 Å². The summed E-state index contributed by atoms with van der Waals surface area (Å²) < 4.78 is 1.48. The molecule has 0 saturated heterocycles. The van der Waals surface area contributed by atoms with Crippen molar-refractivity contribution in [1.29, 1.82) is 0 Å². The summed E-state index contributed by atoms with van der Waals surface area (Å²) in [5, 5.41) is 2.48. The minimum Gasteiger partial charge on any atom is -0.311 e. The minimum atomic E-state index is -0.399. The molecule has 0 radical (unpaired) electrons. The first-order chi connectivity index (χ1) is 9.58. The van der Waals surface area contributed by atoms with Gasteiger partial charge in [0.1, 0.15) is 5.82 Å². The second-order valence-electron chi connectivity index (χ2n) is 4.35. The number of aromatic nitrogens is 2. The van der Waals surface area contributed by atoms with E-state index in [1.807, 2.05) is 24.3 Å². The fraction of sp³-hybridized carbons (Fsp3) is 0.133. The second-order valence-corrected chi connectivity index (χ2v) is 4.35. The Morgan fingerprint density at radius 3 is 2.60 bits per heavy atom. The fourth-order valence-electron chi connectivity index (χ4n) is 1.76. The van der Waals surface area contributed by atoms with Crippen molar-refractivity contribution in [1.82, 2.24) is 9.55 Å². The zero-order valence-electron chi connectivity index (χ0n) is 11.2. The van der Waals surface area contributed by atoms with Crippen molar-refractivity contribution in [3.8, 4) is 0 Å². The lowest BCUT2D eigenvalue weighted by Gasteiger charge is -2.07. The zero-order valence-corrected chi connectivity index (χ0v) is 11.2. The first kappa shape index (κ1) is 13.7. The third kappa shape index (κ3) is 3.41. The summed E-state index contributed by atoms with van der Waals surface area (Å²) in [6.07, 6.45) is 3.38. The summed E-state index contributed by atoms with van der Waals surface area (Å²) in [7, 11) is 0. The van der Waals surface area contributed by atoms with Crippen molar-refractivity contribution < 1.29 is 4.79 Å². The summed E-state index contributed by atoms with van der Waals surface area (Å²) in [6.45, 7) is 5.50. The molecule has 5 heteroatoms. The molecule has 0 saturated carbocycles. The van der Waals surface area contributed by atoms with E-state index in [-0.39, 0.29) is 11.7 Å². The number of hydrogen-bond donors (Lipinski definition) is 1. The van der Waals surface area contributed by atoms with Crippen molar-refractivity contribution in [3.05, 3.63) is 64.7 Å². The van der Waals surface area contributed by atoms with Crippen molar-refractivity contribution in [2.45, 2.75) is 13.5 Å². The van der Waals surface area contributed by atoms with Crippen LogP contribution in [0.25, 0.3) is 6.08 Å². The zero-order chi connectivity index (χ0) is 14.5. The number of rotatable bonds is 4. The van der Waals surface area contributed by atoms with Gasteiger partial charge in [-0.2, -0.15) is 4.98 Å². The maximum absolute atomic E-state index is 11.8. The molecule has 1 N–H and O–H groups in total. The van der Waals surface area contributed by atoms with Crippen LogP contribution in [0.1, 0.15) is 18.1 Å². The molecule has 1 aromatic heterocycles. The topological polar surface area (TPSA) is 64.0 Å². The van der Waals surface area contributed by atoms with Gasteiger partial charge in [0, 0.05) is 13.1 Å². The molecule has 0 aliphatic rings. The Labute approximate surface area is 116 Å². The number of hydrogen-bond acceptors (Lipinski definition) is 3. The molecule has 20 heavy (non-hydrogen) atoms. The standard InChI is InChI=1S/C15H15N3O2/c1-3-12-4-6-13(7-5-12)10-18-9-8-14(16-11(2)19)17-15(18)20/h3-9H,1,10H2,2H3,(H,16,17,19,20). The number of carbonyl (C=O) groups excluding carboxylic acids is 1. The molecule has 102 valence electrons. The van der Waals surface area contributed by atoms with E-state index >= 15 is 0 Å². The Morgan fingerprint density at radius 2 is 2.05 bits per heavy atom. The van der Waals surface area contributed by atoms with E-state index in [1.54, 1.807) is 18.3 Å². The Bertz CT molecular complexity index is 687.